The third kappa shape index (κ3) is 5.26. The van der Waals surface area contributed by atoms with Crippen LogP contribution in [0.1, 0.15) is 11.1 Å². The van der Waals surface area contributed by atoms with Gasteiger partial charge in [-0.2, -0.15) is 19.1 Å². The zero-order chi connectivity index (χ0) is 20.6. The van der Waals surface area contributed by atoms with Crippen molar-refractivity contribution in [1.29, 1.82) is 5.26 Å². The van der Waals surface area contributed by atoms with E-state index in [0.29, 0.717) is 22.3 Å². The molecular formula is C21H15F2N3O3. The number of amides is 1. The molecule has 1 N–H and O–H groups in total. The molecule has 0 aliphatic rings. The highest BCUT2D eigenvalue weighted by atomic mass is 19.3. The normalized spacial score (nSPS) is 10.8. The first-order chi connectivity index (χ1) is 14.1. The van der Waals surface area contributed by atoms with Crippen LogP contribution in [0.2, 0.25) is 0 Å². The molecule has 3 rings (SSSR count). The Kier molecular flexibility index (Phi) is 6.32. The van der Waals surface area contributed by atoms with Gasteiger partial charge in [-0.1, -0.05) is 30.3 Å². The maximum absolute atomic E-state index is 12.7. The molecule has 0 aliphatic heterocycles. The van der Waals surface area contributed by atoms with E-state index < -0.39 is 12.5 Å². The van der Waals surface area contributed by atoms with E-state index in [2.05, 4.69) is 15.3 Å². The standard InChI is InChI=1S/C21H15F2N3O3/c22-21(23)29-19-10-7-15-3-1-2-4-17(15)18(19)12-25-26-20(27)13-28-16-8-5-14(11-24)6-9-16/h1-10,12,21H,13H2,(H,26,27)/b25-12-. The Bertz CT molecular complexity index is 1080. The van der Waals surface area contributed by atoms with E-state index in [1.807, 2.05) is 18.2 Å². The van der Waals surface area contributed by atoms with E-state index >= 15 is 0 Å². The van der Waals surface area contributed by atoms with Crippen LogP contribution in [-0.2, 0) is 4.79 Å². The summed E-state index contributed by atoms with van der Waals surface area (Å²) in [5.74, 6) is -0.169. The highest BCUT2D eigenvalue weighted by Gasteiger charge is 2.12. The number of nitrogens with one attached hydrogen (secondary N) is 1. The average molecular weight is 395 g/mol. The number of carbonyl (C=O) groups is 1. The van der Waals surface area contributed by atoms with Crippen molar-refractivity contribution < 1.29 is 23.0 Å². The number of ether oxygens (including phenoxy) is 2. The molecule has 0 fully saturated rings. The first-order valence-electron chi connectivity index (χ1n) is 8.48. The number of alkyl halides is 2. The molecule has 6 nitrogen and oxygen atoms in total. The van der Waals surface area contributed by atoms with Crippen LogP contribution in [0, 0.1) is 11.3 Å². The molecule has 0 spiro atoms. The number of nitriles is 1. The lowest BCUT2D eigenvalue weighted by molar-refractivity contribution is -0.123. The molecule has 8 heteroatoms. The van der Waals surface area contributed by atoms with Crippen LogP contribution in [0.3, 0.4) is 0 Å². The smallest absolute Gasteiger partial charge is 0.387 e. The van der Waals surface area contributed by atoms with E-state index in [0.717, 1.165) is 5.39 Å². The Balaban J connectivity index is 1.67. The summed E-state index contributed by atoms with van der Waals surface area (Å²) in [6, 6.07) is 18.5. The number of hydrogen-bond donors (Lipinski definition) is 1. The van der Waals surface area contributed by atoms with Gasteiger partial charge in [-0.25, -0.2) is 5.43 Å². The quantitative estimate of drug-likeness (QED) is 0.487. The van der Waals surface area contributed by atoms with Crippen molar-refractivity contribution >= 4 is 22.9 Å². The van der Waals surface area contributed by atoms with E-state index in [4.69, 9.17) is 10.00 Å². The maximum Gasteiger partial charge on any atom is 0.387 e. The number of nitrogens with zero attached hydrogens (tertiary/aromatic N) is 2. The molecule has 0 unspecified atom stereocenters. The van der Waals surface area contributed by atoms with Crippen molar-refractivity contribution in [2.24, 2.45) is 5.10 Å². The Morgan fingerprint density at radius 3 is 2.62 bits per heavy atom. The van der Waals surface area contributed by atoms with Crippen LogP contribution >= 0.6 is 0 Å². The SMILES string of the molecule is N#Cc1ccc(OCC(=O)N/N=C\c2c(OC(F)F)ccc3ccccc23)cc1. The summed E-state index contributed by atoms with van der Waals surface area (Å²) in [5.41, 5.74) is 3.07. The van der Waals surface area contributed by atoms with Crippen LogP contribution < -0.4 is 14.9 Å². The van der Waals surface area contributed by atoms with Gasteiger partial charge in [0.1, 0.15) is 11.5 Å². The second-order valence-corrected chi connectivity index (χ2v) is 5.80. The molecule has 0 bridgehead atoms. The Morgan fingerprint density at radius 1 is 1.14 bits per heavy atom. The minimum absolute atomic E-state index is 0.0504. The minimum atomic E-state index is -2.99. The van der Waals surface area contributed by atoms with E-state index in [1.165, 1.54) is 12.3 Å². The Hall–Kier alpha value is -3.99. The lowest BCUT2D eigenvalue weighted by Gasteiger charge is -2.10. The fourth-order valence-electron chi connectivity index (χ4n) is 2.58. The number of rotatable bonds is 7. The van der Waals surface area contributed by atoms with E-state index in [1.54, 1.807) is 42.5 Å². The van der Waals surface area contributed by atoms with Crippen molar-refractivity contribution in [3.63, 3.8) is 0 Å². The van der Waals surface area contributed by atoms with Crippen molar-refractivity contribution in [1.82, 2.24) is 5.43 Å². The Labute approximate surface area is 165 Å². The number of carbonyl (C=O) groups excluding carboxylic acids is 1. The third-order valence-corrected chi connectivity index (χ3v) is 3.88. The lowest BCUT2D eigenvalue weighted by Crippen LogP contribution is -2.24. The molecule has 0 aromatic heterocycles. The lowest BCUT2D eigenvalue weighted by atomic mass is 10.0. The second kappa shape index (κ2) is 9.28. The van der Waals surface area contributed by atoms with Crippen LogP contribution in [0.15, 0.2) is 65.8 Å². The van der Waals surface area contributed by atoms with Gasteiger partial charge in [-0.05, 0) is 41.1 Å². The second-order valence-electron chi connectivity index (χ2n) is 5.80. The van der Waals surface area contributed by atoms with Gasteiger partial charge in [-0.3, -0.25) is 4.79 Å². The van der Waals surface area contributed by atoms with Gasteiger partial charge in [0.05, 0.1) is 17.8 Å². The van der Waals surface area contributed by atoms with Crippen LogP contribution in [0.5, 0.6) is 11.5 Å². The van der Waals surface area contributed by atoms with E-state index in [-0.39, 0.29) is 12.4 Å². The molecule has 3 aromatic rings. The highest BCUT2D eigenvalue weighted by Crippen LogP contribution is 2.27. The molecule has 0 atom stereocenters. The summed E-state index contributed by atoms with van der Waals surface area (Å²) in [4.78, 5) is 11.9. The molecule has 0 aliphatic carbocycles. The monoisotopic (exact) mass is 395 g/mol. The number of halogens is 2. The van der Waals surface area contributed by atoms with Crippen LogP contribution in [0.25, 0.3) is 10.8 Å². The summed E-state index contributed by atoms with van der Waals surface area (Å²) in [5, 5.41) is 14.0. The molecule has 3 aromatic carbocycles. The van der Waals surface area contributed by atoms with Crippen molar-refractivity contribution in [2.45, 2.75) is 6.61 Å². The molecule has 0 heterocycles. The summed E-state index contributed by atoms with van der Waals surface area (Å²) < 4.78 is 35.2. The van der Waals surface area contributed by atoms with Gasteiger partial charge in [-0.15, -0.1) is 0 Å². The van der Waals surface area contributed by atoms with Gasteiger partial charge in [0.25, 0.3) is 5.91 Å². The first-order valence-corrected chi connectivity index (χ1v) is 8.48. The summed E-state index contributed by atoms with van der Waals surface area (Å²) in [7, 11) is 0. The van der Waals surface area contributed by atoms with E-state index in [9.17, 15) is 13.6 Å². The van der Waals surface area contributed by atoms with Gasteiger partial charge < -0.3 is 9.47 Å². The molecule has 0 saturated carbocycles. The predicted molar refractivity (Wildman–Crippen MR) is 103 cm³/mol. The fraction of sp³-hybridized carbons (Fsp3) is 0.0952. The number of benzene rings is 3. The van der Waals surface area contributed by atoms with Gasteiger partial charge >= 0.3 is 6.61 Å². The molecule has 1 amide bonds. The molecule has 0 saturated heterocycles. The van der Waals surface area contributed by atoms with Crippen LogP contribution in [-0.4, -0.2) is 25.3 Å². The highest BCUT2D eigenvalue weighted by molar-refractivity contribution is 6.02. The number of fused-ring (bicyclic) bond motifs is 1. The summed E-state index contributed by atoms with van der Waals surface area (Å²) in [6.07, 6.45) is 1.25. The van der Waals surface area contributed by atoms with Gasteiger partial charge in [0.15, 0.2) is 6.61 Å². The van der Waals surface area contributed by atoms with Crippen molar-refractivity contribution in [3.8, 4) is 17.6 Å². The Morgan fingerprint density at radius 2 is 1.90 bits per heavy atom. The zero-order valence-electron chi connectivity index (χ0n) is 15.0. The third-order valence-electron chi connectivity index (χ3n) is 3.88. The maximum atomic E-state index is 12.7. The largest absolute Gasteiger partial charge is 0.484 e. The zero-order valence-corrected chi connectivity index (χ0v) is 15.0. The molecule has 146 valence electrons. The van der Waals surface area contributed by atoms with Gasteiger partial charge in [0, 0.05) is 5.56 Å². The summed E-state index contributed by atoms with van der Waals surface area (Å²) >= 11 is 0. The first kappa shape index (κ1) is 19.8. The van der Waals surface area contributed by atoms with Crippen molar-refractivity contribution in [2.75, 3.05) is 6.61 Å². The fourth-order valence-corrected chi connectivity index (χ4v) is 2.58. The number of hydrogen-bond acceptors (Lipinski definition) is 5. The van der Waals surface area contributed by atoms with Crippen molar-refractivity contribution in [3.05, 3.63) is 71.8 Å². The summed E-state index contributed by atoms with van der Waals surface area (Å²) in [6.45, 7) is -3.29. The number of hydrazone groups is 1. The topological polar surface area (TPSA) is 83.7 Å². The molecule has 0 radical (unpaired) electrons. The molecular weight excluding hydrogens is 380 g/mol. The minimum Gasteiger partial charge on any atom is -0.484 e. The van der Waals surface area contributed by atoms with Gasteiger partial charge in [0.2, 0.25) is 0 Å². The average Bonchev–Trinajstić information content (AvgIpc) is 2.73. The molecule has 29 heavy (non-hydrogen) atoms. The predicted octanol–water partition coefficient (Wildman–Crippen LogP) is 3.84. The van der Waals surface area contributed by atoms with Crippen LogP contribution in [0.4, 0.5) is 8.78 Å².